The molecule has 1 atom stereocenters. The number of nitrogens with one attached hydrogen (secondary N) is 1. The molecule has 1 aromatic rings. The number of halogens is 3. The minimum absolute atomic E-state index is 0.0954. The molecule has 1 aliphatic heterocycles. The van der Waals surface area contributed by atoms with Gasteiger partial charge in [-0.3, -0.25) is 9.69 Å². The quantitative estimate of drug-likeness (QED) is 0.817. The Hall–Kier alpha value is -0.880. The lowest BCUT2D eigenvalue weighted by Crippen LogP contribution is -2.51. The Balaban J connectivity index is 2.02. The molecule has 4 nitrogen and oxygen atoms in total. The lowest BCUT2D eigenvalue weighted by molar-refractivity contribution is 0.00672. The van der Waals surface area contributed by atoms with Crippen LogP contribution in [0.15, 0.2) is 12.1 Å². The van der Waals surface area contributed by atoms with E-state index in [1.165, 1.54) is 6.07 Å². The van der Waals surface area contributed by atoms with Crippen LogP contribution in [-0.4, -0.2) is 49.7 Å². The van der Waals surface area contributed by atoms with Gasteiger partial charge in [0.1, 0.15) is 5.82 Å². The zero-order valence-corrected chi connectivity index (χ0v) is 14.8. The van der Waals surface area contributed by atoms with Crippen LogP contribution in [0.1, 0.15) is 24.2 Å². The molecule has 0 aliphatic carbocycles. The maximum Gasteiger partial charge on any atom is 0.252 e. The molecule has 1 saturated heterocycles. The van der Waals surface area contributed by atoms with Crippen LogP contribution in [0, 0.1) is 11.7 Å². The topological polar surface area (TPSA) is 41.6 Å². The Morgan fingerprint density at radius 2 is 1.96 bits per heavy atom. The monoisotopic (exact) mass is 362 g/mol. The van der Waals surface area contributed by atoms with E-state index in [2.05, 4.69) is 24.1 Å². The predicted molar refractivity (Wildman–Crippen MR) is 89.8 cm³/mol. The highest BCUT2D eigenvalue weighted by Crippen LogP contribution is 2.24. The van der Waals surface area contributed by atoms with Gasteiger partial charge < -0.3 is 10.1 Å². The SMILES string of the molecule is CC(C)C(CNC(=O)c1cc(F)c(Cl)cc1Cl)N1CCOCC1. The molecule has 1 aliphatic rings. The molecule has 0 radical (unpaired) electrons. The third-order valence-electron chi connectivity index (χ3n) is 4.01. The number of carbonyl (C=O) groups is 1. The van der Waals surface area contributed by atoms with Crippen molar-refractivity contribution in [1.29, 1.82) is 0 Å². The Labute approximate surface area is 145 Å². The Kier molecular flexibility index (Phi) is 6.65. The van der Waals surface area contributed by atoms with Gasteiger partial charge in [-0.2, -0.15) is 0 Å². The molecule has 128 valence electrons. The number of hydrogen-bond acceptors (Lipinski definition) is 3. The van der Waals surface area contributed by atoms with E-state index in [-0.39, 0.29) is 21.7 Å². The number of rotatable bonds is 5. The lowest BCUT2D eigenvalue weighted by atomic mass is 10.0. The molecule has 23 heavy (non-hydrogen) atoms. The average molecular weight is 363 g/mol. The second kappa shape index (κ2) is 8.29. The van der Waals surface area contributed by atoms with Gasteiger partial charge in [0.15, 0.2) is 0 Å². The normalized spacial score (nSPS) is 17.3. The largest absolute Gasteiger partial charge is 0.379 e. The fraction of sp³-hybridized carbons (Fsp3) is 0.562. The van der Waals surface area contributed by atoms with Gasteiger partial charge in [-0.1, -0.05) is 37.0 Å². The van der Waals surface area contributed by atoms with Gasteiger partial charge in [-0.15, -0.1) is 0 Å². The summed E-state index contributed by atoms with van der Waals surface area (Å²) in [5, 5.41) is 2.89. The summed E-state index contributed by atoms with van der Waals surface area (Å²) in [4.78, 5) is 14.6. The summed E-state index contributed by atoms with van der Waals surface area (Å²) < 4.78 is 18.9. The van der Waals surface area contributed by atoms with Crippen molar-refractivity contribution in [3.8, 4) is 0 Å². The van der Waals surface area contributed by atoms with Crippen molar-refractivity contribution in [2.75, 3.05) is 32.8 Å². The molecule has 1 amide bonds. The summed E-state index contributed by atoms with van der Waals surface area (Å²) in [5.74, 6) is -0.690. The van der Waals surface area contributed by atoms with Gasteiger partial charge in [0.2, 0.25) is 0 Å². The van der Waals surface area contributed by atoms with Crippen molar-refractivity contribution in [1.82, 2.24) is 10.2 Å². The molecule has 1 aromatic carbocycles. The minimum Gasteiger partial charge on any atom is -0.379 e. The third-order valence-corrected chi connectivity index (χ3v) is 4.61. The molecular formula is C16H21Cl2FN2O2. The highest BCUT2D eigenvalue weighted by Gasteiger charge is 2.25. The third kappa shape index (κ3) is 4.80. The first-order valence-electron chi connectivity index (χ1n) is 7.64. The zero-order valence-electron chi connectivity index (χ0n) is 13.2. The first-order valence-corrected chi connectivity index (χ1v) is 8.40. The highest BCUT2D eigenvalue weighted by atomic mass is 35.5. The molecule has 1 fully saturated rings. The Bertz CT molecular complexity index is 563. The van der Waals surface area contributed by atoms with Gasteiger partial charge in [0.25, 0.3) is 5.91 Å². The zero-order chi connectivity index (χ0) is 17.0. The smallest absolute Gasteiger partial charge is 0.252 e. The van der Waals surface area contributed by atoms with Gasteiger partial charge >= 0.3 is 0 Å². The van der Waals surface area contributed by atoms with Crippen molar-refractivity contribution in [3.05, 3.63) is 33.6 Å². The van der Waals surface area contributed by atoms with E-state index in [0.29, 0.717) is 25.7 Å². The number of morpholine rings is 1. The molecule has 0 saturated carbocycles. The van der Waals surface area contributed by atoms with E-state index in [1.807, 2.05) is 0 Å². The van der Waals surface area contributed by atoms with Crippen molar-refractivity contribution in [2.45, 2.75) is 19.9 Å². The van der Waals surface area contributed by atoms with Crippen molar-refractivity contribution < 1.29 is 13.9 Å². The number of ether oxygens (including phenoxy) is 1. The van der Waals surface area contributed by atoms with Gasteiger partial charge in [-0.05, 0) is 18.1 Å². The first-order chi connectivity index (χ1) is 10.9. The van der Waals surface area contributed by atoms with E-state index in [9.17, 15) is 9.18 Å². The number of nitrogens with zero attached hydrogens (tertiary/aromatic N) is 1. The summed E-state index contributed by atoms with van der Waals surface area (Å²) >= 11 is 11.6. The number of carbonyl (C=O) groups excluding carboxylic acids is 1. The van der Waals surface area contributed by atoms with Gasteiger partial charge in [0.05, 0.1) is 28.8 Å². The highest BCUT2D eigenvalue weighted by molar-refractivity contribution is 6.36. The van der Waals surface area contributed by atoms with Crippen LogP contribution in [0.25, 0.3) is 0 Å². The van der Waals surface area contributed by atoms with E-state index in [0.717, 1.165) is 19.2 Å². The maximum absolute atomic E-state index is 13.5. The molecule has 2 rings (SSSR count). The summed E-state index contributed by atoms with van der Waals surface area (Å²) in [5.41, 5.74) is 0.0954. The van der Waals surface area contributed by atoms with Crippen molar-refractivity contribution >= 4 is 29.1 Å². The molecular weight excluding hydrogens is 342 g/mol. The average Bonchev–Trinajstić information content (AvgIpc) is 2.51. The van der Waals surface area contributed by atoms with Crippen molar-refractivity contribution in [2.24, 2.45) is 5.92 Å². The Morgan fingerprint density at radius 1 is 1.30 bits per heavy atom. The molecule has 1 unspecified atom stereocenters. The van der Waals surface area contributed by atoms with Crippen LogP contribution < -0.4 is 5.32 Å². The van der Waals surface area contributed by atoms with Gasteiger partial charge in [-0.25, -0.2) is 4.39 Å². The second-order valence-corrected chi connectivity index (χ2v) is 6.73. The van der Waals surface area contributed by atoms with Crippen LogP contribution in [0.5, 0.6) is 0 Å². The lowest BCUT2D eigenvalue weighted by Gasteiger charge is -2.36. The summed E-state index contributed by atoms with van der Waals surface area (Å²) in [7, 11) is 0. The first kappa shape index (κ1) is 18.5. The number of benzene rings is 1. The molecule has 1 heterocycles. The van der Waals surface area contributed by atoms with E-state index >= 15 is 0 Å². The number of amides is 1. The fourth-order valence-corrected chi connectivity index (χ4v) is 3.15. The number of hydrogen-bond donors (Lipinski definition) is 1. The van der Waals surface area contributed by atoms with Crippen LogP contribution >= 0.6 is 23.2 Å². The molecule has 0 aromatic heterocycles. The molecule has 0 bridgehead atoms. The van der Waals surface area contributed by atoms with E-state index in [4.69, 9.17) is 27.9 Å². The van der Waals surface area contributed by atoms with Crippen molar-refractivity contribution in [3.63, 3.8) is 0 Å². The van der Waals surface area contributed by atoms with Crippen LogP contribution in [0.4, 0.5) is 4.39 Å². The van der Waals surface area contributed by atoms with Crippen LogP contribution in [0.3, 0.4) is 0 Å². The fourth-order valence-electron chi connectivity index (χ4n) is 2.68. The predicted octanol–water partition coefficient (Wildman–Crippen LogP) is 3.22. The van der Waals surface area contributed by atoms with E-state index < -0.39 is 11.7 Å². The molecule has 0 spiro atoms. The molecule has 7 heteroatoms. The summed E-state index contributed by atoms with van der Waals surface area (Å²) in [6, 6.07) is 2.51. The van der Waals surface area contributed by atoms with Crippen LogP contribution in [-0.2, 0) is 4.74 Å². The maximum atomic E-state index is 13.5. The second-order valence-electron chi connectivity index (χ2n) is 5.92. The van der Waals surface area contributed by atoms with E-state index in [1.54, 1.807) is 0 Å². The summed E-state index contributed by atoms with van der Waals surface area (Å²) in [6.07, 6.45) is 0. The van der Waals surface area contributed by atoms with Crippen LogP contribution in [0.2, 0.25) is 10.0 Å². The minimum atomic E-state index is -0.658. The van der Waals surface area contributed by atoms with Gasteiger partial charge in [0, 0.05) is 25.7 Å². The summed E-state index contributed by atoms with van der Waals surface area (Å²) in [6.45, 7) is 7.78. The standard InChI is InChI=1S/C16H21Cl2FN2O2/c1-10(2)15(21-3-5-23-6-4-21)9-20-16(22)11-7-14(19)13(18)8-12(11)17/h7-8,10,15H,3-6,9H2,1-2H3,(H,20,22). The molecule has 1 N–H and O–H groups in total. The Morgan fingerprint density at radius 3 is 2.57 bits per heavy atom.